The highest BCUT2D eigenvalue weighted by molar-refractivity contribution is 5.59. The number of phenolic OH excluding ortho intramolecular Hbond substituents is 2. The molecule has 2 heterocycles. The maximum Gasteiger partial charge on any atom is 0.244 e. The molecule has 3 rings (SSSR count). The second-order valence-corrected chi connectivity index (χ2v) is 5.30. The van der Waals surface area contributed by atoms with Gasteiger partial charge in [-0.2, -0.15) is 4.98 Å². The van der Waals surface area contributed by atoms with Gasteiger partial charge in [-0.05, 0) is 43.5 Å². The van der Waals surface area contributed by atoms with Crippen molar-refractivity contribution in [2.24, 2.45) is 5.92 Å². The molecule has 1 aliphatic rings. The Kier molecular flexibility index (Phi) is 3.31. The number of benzene rings is 1. The molecule has 1 saturated heterocycles. The van der Waals surface area contributed by atoms with Gasteiger partial charge in [-0.15, -0.1) is 0 Å². The van der Waals surface area contributed by atoms with Crippen molar-refractivity contribution in [3.63, 3.8) is 0 Å². The predicted octanol–water partition coefficient (Wildman–Crippen LogP) is 2.21. The van der Waals surface area contributed by atoms with Crippen molar-refractivity contribution in [1.82, 2.24) is 15.5 Å². The van der Waals surface area contributed by atoms with Crippen molar-refractivity contribution >= 4 is 0 Å². The zero-order valence-electron chi connectivity index (χ0n) is 11.2. The summed E-state index contributed by atoms with van der Waals surface area (Å²) in [6.45, 7) is 3.16. The Morgan fingerprint density at radius 1 is 1.30 bits per heavy atom. The number of aromatic nitrogens is 2. The molecular formula is C14H17N3O3. The molecule has 2 unspecified atom stereocenters. The van der Waals surface area contributed by atoms with Crippen molar-refractivity contribution < 1.29 is 14.7 Å². The van der Waals surface area contributed by atoms with Gasteiger partial charge in [-0.25, -0.2) is 0 Å². The van der Waals surface area contributed by atoms with Crippen LogP contribution in [0, 0.1) is 5.92 Å². The zero-order chi connectivity index (χ0) is 14.1. The average Bonchev–Trinajstić information content (AvgIpc) is 2.92. The Balaban J connectivity index is 1.84. The average molecular weight is 275 g/mol. The van der Waals surface area contributed by atoms with Gasteiger partial charge in [-0.1, -0.05) is 12.1 Å². The molecular weight excluding hydrogens is 258 g/mol. The van der Waals surface area contributed by atoms with E-state index in [1.54, 1.807) is 6.07 Å². The fourth-order valence-corrected chi connectivity index (χ4v) is 2.45. The van der Waals surface area contributed by atoms with Crippen LogP contribution in [0.1, 0.15) is 31.7 Å². The van der Waals surface area contributed by atoms with E-state index in [-0.39, 0.29) is 17.5 Å². The Morgan fingerprint density at radius 2 is 2.15 bits per heavy atom. The Morgan fingerprint density at radius 3 is 2.90 bits per heavy atom. The monoisotopic (exact) mass is 275 g/mol. The lowest BCUT2D eigenvalue weighted by molar-refractivity contribution is 0.260. The van der Waals surface area contributed by atoms with E-state index in [4.69, 9.17) is 4.52 Å². The third kappa shape index (κ3) is 2.46. The summed E-state index contributed by atoms with van der Waals surface area (Å²) >= 11 is 0. The van der Waals surface area contributed by atoms with Crippen LogP contribution >= 0.6 is 0 Å². The molecule has 106 valence electrons. The Bertz CT molecular complexity index is 611. The van der Waals surface area contributed by atoms with E-state index >= 15 is 0 Å². The highest BCUT2D eigenvalue weighted by Crippen LogP contribution is 2.31. The number of nitrogens with zero attached hydrogens (tertiary/aromatic N) is 2. The first-order chi connectivity index (χ1) is 9.63. The van der Waals surface area contributed by atoms with Crippen molar-refractivity contribution in [3.8, 4) is 22.9 Å². The van der Waals surface area contributed by atoms with Crippen LogP contribution in [0.5, 0.6) is 11.5 Å². The fourth-order valence-electron chi connectivity index (χ4n) is 2.45. The van der Waals surface area contributed by atoms with Crippen LogP contribution in [0.3, 0.4) is 0 Å². The number of hydrogen-bond donors (Lipinski definition) is 3. The van der Waals surface area contributed by atoms with E-state index in [0.717, 1.165) is 19.4 Å². The molecule has 1 aromatic carbocycles. The number of aromatic hydroxyl groups is 2. The summed E-state index contributed by atoms with van der Waals surface area (Å²) in [6, 6.07) is 4.55. The summed E-state index contributed by atoms with van der Waals surface area (Å²) in [7, 11) is 0. The minimum atomic E-state index is -0.196. The van der Waals surface area contributed by atoms with Crippen molar-refractivity contribution in [1.29, 1.82) is 0 Å². The fraction of sp³-hybridized carbons (Fsp3) is 0.429. The molecule has 1 aromatic heterocycles. The molecule has 2 aromatic rings. The molecule has 1 fully saturated rings. The molecule has 0 aliphatic carbocycles. The molecule has 1 aliphatic heterocycles. The van der Waals surface area contributed by atoms with E-state index < -0.39 is 0 Å². The zero-order valence-corrected chi connectivity index (χ0v) is 11.2. The molecule has 2 atom stereocenters. The molecule has 6 heteroatoms. The largest absolute Gasteiger partial charge is 0.504 e. The number of piperidine rings is 1. The number of phenols is 2. The van der Waals surface area contributed by atoms with Gasteiger partial charge in [0.15, 0.2) is 11.5 Å². The van der Waals surface area contributed by atoms with Gasteiger partial charge < -0.3 is 20.1 Å². The summed E-state index contributed by atoms with van der Waals surface area (Å²) in [5.41, 5.74) is 0.610. The first-order valence-corrected chi connectivity index (χ1v) is 6.73. The quantitative estimate of drug-likeness (QED) is 0.728. The Labute approximate surface area is 116 Å². The lowest BCUT2D eigenvalue weighted by atomic mass is 9.94. The third-order valence-electron chi connectivity index (χ3n) is 3.64. The van der Waals surface area contributed by atoms with Crippen LogP contribution in [0.2, 0.25) is 0 Å². The van der Waals surface area contributed by atoms with Crippen LogP contribution in [0.4, 0.5) is 0 Å². The van der Waals surface area contributed by atoms with Gasteiger partial charge in [0, 0.05) is 5.56 Å². The second-order valence-electron chi connectivity index (χ2n) is 5.30. The van der Waals surface area contributed by atoms with Gasteiger partial charge in [0.2, 0.25) is 11.7 Å². The molecule has 6 nitrogen and oxygen atoms in total. The van der Waals surface area contributed by atoms with Crippen molar-refractivity contribution in [3.05, 3.63) is 24.1 Å². The van der Waals surface area contributed by atoms with Gasteiger partial charge in [0.05, 0.1) is 6.04 Å². The first-order valence-electron chi connectivity index (χ1n) is 6.73. The van der Waals surface area contributed by atoms with Crippen molar-refractivity contribution in [2.45, 2.75) is 25.8 Å². The minimum Gasteiger partial charge on any atom is -0.504 e. The molecule has 0 spiro atoms. The summed E-state index contributed by atoms with van der Waals surface area (Å²) in [6.07, 6.45) is 2.13. The van der Waals surface area contributed by atoms with Gasteiger partial charge >= 0.3 is 0 Å². The minimum absolute atomic E-state index is 0.0886. The summed E-state index contributed by atoms with van der Waals surface area (Å²) in [4.78, 5) is 4.38. The predicted molar refractivity (Wildman–Crippen MR) is 72.2 cm³/mol. The first kappa shape index (κ1) is 12.9. The van der Waals surface area contributed by atoms with Crippen LogP contribution in [0.25, 0.3) is 11.4 Å². The standard InChI is InChI=1S/C14H17N3O3/c1-8-4-5-15-10(6-8)14-16-13(17-20-14)9-2-3-11(18)12(19)7-9/h2-3,7-8,10,15,18-19H,4-6H2,1H3. The lowest BCUT2D eigenvalue weighted by Gasteiger charge is -2.25. The molecule has 3 N–H and O–H groups in total. The number of nitrogens with one attached hydrogen (secondary N) is 1. The molecule has 0 bridgehead atoms. The smallest absolute Gasteiger partial charge is 0.244 e. The maximum absolute atomic E-state index is 9.50. The lowest BCUT2D eigenvalue weighted by Crippen LogP contribution is -2.30. The molecule has 20 heavy (non-hydrogen) atoms. The van der Waals surface area contributed by atoms with E-state index in [9.17, 15) is 10.2 Å². The van der Waals surface area contributed by atoms with Gasteiger partial charge in [0.1, 0.15) is 0 Å². The van der Waals surface area contributed by atoms with Crippen molar-refractivity contribution in [2.75, 3.05) is 6.54 Å². The van der Waals surface area contributed by atoms with Crippen LogP contribution < -0.4 is 5.32 Å². The SMILES string of the molecule is CC1CCNC(c2nc(-c3ccc(O)c(O)c3)no2)C1. The summed E-state index contributed by atoms with van der Waals surface area (Å²) in [5, 5.41) is 26.1. The van der Waals surface area contributed by atoms with E-state index in [1.807, 2.05) is 0 Å². The van der Waals surface area contributed by atoms with Gasteiger partial charge in [0.25, 0.3) is 0 Å². The van der Waals surface area contributed by atoms with Crippen LogP contribution in [0.15, 0.2) is 22.7 Å². The number of rotatable bonds is 2. The summed E-state index contributed by atoms with van der Waals surface area (Å²) < 4.78 is 5.31. The molecule has 0 amide bonds. The van der Waals surface area contributed by atoms with Crippen LogP contribution in [-0.4, -0.2) is 26.9 Å². The Hall–Kier alpha value is -2.08. The second kappa shape index (κ2) is 5.13. The normalized spacial score (nSPS) is 22.9. The number of hydrogen-bond acceptors (Lipinski definition) is 6. The topological polar surface area (TPSA) is 91.4 Å². The van der Waals surface area contributed by atoms with E-state index in [1.165, 1.54) is 12.1 Å². The maximum atomic E-state index is 9.50. The van der Waals surface area contributed by atoms with Crippen LogP contribution in [-0.2, 0) is 0 Å². The highest BCUT2D eigenvalue weighted by atomic mass is 16.5. The van der Waals surface area contributed by atoms with E-state index in [0.29, 0.717) is 23.2 Å². The third-order valence-corrected chi connectivity index (χ3v) is 3.64. The summed E-state index contributed by atoms with van der Waals surface area (Å²) in [5.74, 6) is 1.25. The highest BCUT2D eigenvalue weighted by Gasteiger charge is 2.25. The molecule has 0 radical (unpaired) electrons. The van der Waals surface area contributed by atoms with E-state index in [2.05, 4.69) is 22.4 Å². The van der Waals surface area contributed by atoms with Gasteiger partial charge in [-0.3, -0.25) is 0 Å². The molecule has 0 saturated carbocycles.